The van der Waals surface area contributed by atoms with Gasteiger partial charge >= 0.3 is 0 Å². The fourth-order valence-electron chi connectivity index (χ4n) is 4.26. The molecule has 0 radical (unpaired) electrons. The van der Waals surface area contributed by atoms with Crippen molar-refractivity contribution in [1.29, 1.82) is 0 Å². The number of nitrogens with zero attached hydrogens (tertiary/aromatic N) is 4. The molecule has 1 aromatic carbocycles. The predicted molar refractivity (Wildman–Crippen MR) is 110 cm³/mol. The van der Waals surface area contributed by atoms with Gasteiger partial charge in [-0.25, -0.2) is 8.78 Å². The van der Waals surface area contributed by atoms with E-state index in [4.69, 9.17) is 4.74 Å². The summed E-state index contributed by atoms with van der Waals surface area (Å²) in [6.45, 7) is 2.30. The number of rotatable bonds is 3. The minimum atomic E-state index is -0.656. The molecule has 2 aliphatic heterocycles. The Bertz CT molecular complexity index is 1220. The van der Waals surface area contributed by atoms with Gasteiger partial charge in [0.2, 0.25) is 5.43 Å². The van der Waals surface area contributed by atoms with Crippen molar-refractivity contribution in [2.45, 2.75) is 31.5 Å². The van der Waals surface area contributed by atoms with Crippen LogP contribution in [-0.4, -0.2) is 50.6 Å². The lowest BCUT2D eigenvalue weighted by atomic mass is 9.93. The van der Waals surface area contributed by atoms with Gasteiger partial charge in [-0.15, -0.1) is 10.2 Å². The minimum Gasteiger partial charge on any atom is -0.503 e. The van der Waals surface area contributed by atoms with Crippen LogP contribution in [0.5, 0.6) is 5.75 Å². The Labute approximate surface area is 180 Å². The normalized spacial score (nSPS) is 21.0. The molecule has 3 aromatic rings. The maximum Gasteiger partial charge on any atom is 0.233 e. The highest BCUT2D eigenvalue weighted by atomic mass is 32.1. The van der Waals surface area contributed by atoms with E-state index in [0.29, 0.717) is 47.6 Å². The van der Waals surface area contributed by atoms with Crippen LogP contribution in [0.15, 0.2) is 29.2 Å². The molecule has 0 amide bonds. The van der Waals surface area contributed by atoms with Crippen LogP contribution in [0.3, 0.4) is 0 Å². The van der Waals surface area contributed by atoms with Crippen LogP contribution in [0, 0.1) is 11.6 Å². The first kappa shape index (κ1) is 20.2. The smallest absolute Gasteiger partial charge is 0.233 e. The first-order valence-corrected chi connectivity index (χ1v) is 10.7. The molecule has 0 aliphatic carbocycles. The lowest BCUT2D eigenvalue weighted by Crippen LogP contribution is -2.54. The van der Waals surface area contributed by atoms with Crippen molar-refractivity contribution in [2.24, 2.45) is 0 Å². The summed E-state index contributed by atoms with van der Waals surface area (Å²) in [6.07, 6.45) is 2.72. The van der Waals surface area contributed by atoms with Crippen LogP contribution in [0.1, 0.15) is 22.7 Å². The van der Waals surface area contributed by atoms with E-state index in [1.54, 1.807) is 6.20 Å². The number of aromatic nitrogens is 3. The van der Waals surface area contributed by atoms with Crippen LogP contribution < -0.4 is 5.43 Å². The molecule has 5 rings (SSSR count). The number of ether oxygens (including phenoxy) is 1. The van der Waals surface area contributed by atoms with Crippen LogP contribution in [-0.2, 0) is 24.2 Å². The Morgan fingerprint density at radius 3 is 2.90 bits per heavy atom. The molecule has 1 fully saturated rings. The van der Waals surface area contributed by atoms with Crippen molar-refractivity contribution in [3.63, 3.8) is 0 Å². The standard InChI is InChI=1S/C21H20F2N4O3S/c1-26-9-16-19(29)18(28)14(8-27(16)10-21(26)4-5-30-11-21)20-25-24-17(31-20)6-12-2-3-13(22)7-15(12)23/h2-3,7-8,29H,4-6,9-11H2,1H3. The second-order valence-corrected chi connectivity index (χ2v) is 9.15. The van der Waals surface area contributed by atoms with E-state index < -0.39 is 17.1 Å². The molecule has 1 spiro atoms. The van der Waals surface area contributed by atoms with Gasteiger partial charge in [-0.05, 0) is 25.1 Å². The lowest BCUT2D eigenvalue weighted by Gasteiger charge is -2.43. The van der Waals surface area contributed by atoms with Crippen molar-refractivity contribution in [3.05, 3.63) is 62.5 Å². The number of halogens is 2. The maximum absolute atomic E-state index is 14.0. The van der Waals surface area contributed by atoms with Gasteiger partial charge in [0.15, 0.2) is 10.8 Å². The highest BCUT2D eigenvalue weighted by Gasteiger charge is 2.43. The van der Waals surface area contributed by atoms with Crippen molar-refractivity contribution in [3.8, 4) is 16.3 Å². The topological polar surface area (TPSA) is 80.5 Å². The van der Waals surface area contributed by atoms with Gasteiger partial charge < -0.3 is 14.4 Å². The summed E-state index contributed by atoms with van der Waals surface area (Å²) in [4.78, 5) is 15.0. The number of fused-ring (bicyclic) bond motifs is 1. The molecule has 162 valence electrons. The van der Waals surface area contributed by atoms with E-state index in [-0.39, 0.29) is 23.3 Å². The number of pyridine rings is 1. The molecule has 0 saturated carbocycles. The van der Waals surface area contributed by atoms with Gasteiger partial charge in [0.05, 0.1) is 23.4 Å². The second-order valence-electron chi connectivity index (χ2n) is 8.09. The van der Waals surface area contributed by atoms with Gasteiger partial charge in [-0.3, -0.25) is 9.69 Å². The summed E-state index contributed by atoms with van der Waals surface area (Å²) in [5.41, 5.74) is 0.433. The Hall–Kier alpha value is -2.69. The third-order valence-electron chi connectivity index (χ3n) is 6.16. The highest BCUT2D eigenvalue weighted by molar-refractivity contribution is 7.14. The summed E-state index contributed by atoms with van der Waals surface area (Å²) in [6, 6.07) is 3.38. The average Bonchev–Trinajstić information content (AvgIpc) is 3.39. The van der Waals surface area contributed by atoms with E-state index in [2.05, 4.69) is 15.1 Å². The van der Waals surface area contributed by atoms with Gasteiger partial charge in [0.25, 0.3) is 0 Å². The van der Waals surface area contributed by atoms with Gasteiger partial charge in [0.1, 0.15) is 16.6 Å². The summed E-state index contributed by atoms with van der Waals surface area (Å²) in [7, 11) is 1.97. The quantitative estimate of drug-likeness (QED) is 0.666. The molecule has 1 N–H and O–H groups in total. The van der Waals surface area contributed by atoms with Crippen molar-refractivity contribution in [2.75, 3.05) is 20.3 Å². The van der Waals surface area contributed by atoms with Crippen molar-refractivity contribution < 1.29 is 18.6 Å². The van der Waals surface area contributed by atoms with Crippen LogP contribution in [0.4, 0.5) is 8.78 Å². The van der Waals surface area contributed by atoms with Crippen LogP contribution in [0.2, 0.25) is 0 Å². The monoisotopic (exact) mass is 446 g/mol. The Morgan fingerprint density at radius 1 is 1.32 bits per heavy atom. The average molecular weight is 446 g/mol. The first-order valence-electron chi connectivity index (χ1n) is 9.87. The van der Waals surface area contributed by atoms with E-state index in [1.807, 2.05) is 11.6 Å². The molecular weight excluding hydrogens is 426 g/mol. The van der Waals surface area contributed by atoms with E-state index in [9.17, 15) is 18.7 Å². The van der Waals surface area contributed by atoms with E-state index in [0.717, 1.165) is 23.8 Å². The molecule has 0 bridgehead atoms. The summed E-state index contributed by atoms with van der Waals surface area (Å²) in [5.74, 6) is -1.59. The first-order chi connectivity index (χ1) is 14.9. The fraction of sp³-hybridized carbons (Fsp3) is 0.381. The highest BCUT2D eigenvalue weighted by Crippen LogP contribution is 2.36. The molecule has 4 heterocycles. The number of aromatic hydroxyl groups is 1. The van der Waals surface area contributed by atoms with Crippen LogP contribution >= 0.6 is 11.3 Å². The minimum absolute atomic E-state index is 0.132. The zero-order chi connectivity index (χ0) is 21.8. The Balaban J connectivity index is 1.49. The third kappa shape index (κ3) is 3.44. The second kappa shape index (κ2) is 7.47. The molecule has 1 atom stereocenters. The molecule has 31 heavy (non-hydrogen) atoms. The molecule has 2 aliphatic rings. The summed E-state index contributed by atoms with van der Waals surface area (Å²) < 4.78 is 34.6. The SMILES string of the molecule is CN1Cc2c(O)c(=O)c(-c3nnc(Cc4ccc(F)cc4F)s3)cn2CC12CCOC2. The summed E-state index contributed by atoms with van der Waals surface area (Å²) >= 11 is 1.15. The number of likely N-dealkylation sites (N-methyl/N-ethyl adjacent to an activating group) is 1. The van der Waals surface area contributed by atoms with Crippen LogP contribution in [0.25, 0.3) is 10.6 Å². The zero-order valence-electron chi connectivity index (χ0n) is 16.8. The van der Waals surface area contributed by atoms with Gasteiger partial charge in [0, 0.05) is 38.4 Å². The number of hydrogen-bond acceptors (Lipinski definition) is 7. The Morgan fingerprint density at radius 2 is 2.16 bits per heavy atom. The molecule has 1 unspecified atom stereocenters. The molecule has 1 saturated heterocycles. The fourth-order valence-corrected chi connectivity index (χ4v) is 5.13. The van der Waals surface area contributed by atoms with Gasteiger partial charge in [-0.2, -0.15) is 0 Å². The third-order valence-corrected chi connectivity index (χ3v) is 7.12. The number of benzene rings is 1. The van der Waals surface area contributed by atoms with E-state index in [1.165, 1.54) is 12.1 Å². The molecular formula is C21H20F2N4O3S. The largest absolute Gasteiger partial charge is 0.503 e. The summed E-state index contributed by atoms with van der Waals surface area (Å²) in [5, 5.41) is 19.6. The zero-order valence-corrected chi connectivity index (χ0v) is 17.6. The van der Waals surface area contributed by atoms with Crippen molar-refractivity contribution >= 4 is 11.3 Å². The number of hydrogen-bond donors (Lipinski definition) is 1. The molecule has 10 heteroatoms. The molecule has 7 nitrogen and oxygen atoms in total. The predicted octanol–water partition coefficient (Wildman–Crippen LogP) is 2.55. The maximum atomic E-state index is 14.0. The molecule has 2 aromatic heterocycles. The van der Waals surface area contributed by atoms with E-state index >= 15 is 0 Å². The van der Waals surface area contributed by atoms with Crippen molar-refractivity contribution in [1.82, 2.24) is 19.7 Å². The van der Waals surface area contributed by atoms with Gasteiger partial charge in [-0.1, -0.05) is 17.4 Å². The Kier molecular flexibility index (Phi) is 4.87. The lowest BCUT2D eigenvalue weighted by molar-refractivity contribution is 0.0457.